The molecule has 0 aromatic carbocycles. The normalized spacial score (nSPS) is 30.6. The van der Waals surface area contributed by atoms with Crippen molar-refractivity contribution in [1.29, 1.82) is 0 Å². The first-order valence-electron chi connectivity index (χ1n) is 5.14. The minimum atomic E-state index is 0.871. The molecule has 0 bridgehead atoms. The van der Waals surface area contributed by atoms with Gasteiger partial charge in [0.15, 0.2) is 0 Å². The molecule has 1 atom stereocenters. The maximum atomic E-state index is 4.59. The molecule has 68 valence electrons. The molecule has 1 saturated heterocycles. The zero-order chi connectivity index (χ0) is 8.39. The molecule has 0 aliphatic carbocycles. The van der Waals surface area contributed by atoms with Gasteiger partial charge in [-0.25, -0.2) is 0 Å². The van der Waals surface area contributed by atoms with Gasteiger partial charge in [-0.15, -0.1) is 0 Å². The lowest BCUT2D eigenvalue weighted by atomic mass is 10.1. The highest BCUT2D eigenvalue weighted by molar-refractivity contribution is 5.83. The molecule has 2 heteroatoms. The monoisotopic (exact) mass is 166 g/mol. The molecule has 0 amide bonds. The molecule has 0 radical (unpaired) electrons. The summed E-state index contributed by atoms with van der Waals surface area (Å²) in [5.41, 5.74) is 0. The van der Waals surface area contributed by atoms with Gasteiger partial charge in [0.1, 0.15) is 0 Å². The Morgan fingerprint density at radius 2 is 2.33 bits per heavy atom. The van der Waals surface area contributed by atoms with Crippen molar-refractivity contribution in [2.75, 3.05) is 19.6 Å². The lowest BCUT2D eigenvalue weighted by Crippen LogP contribution is -2.36. The molecule has 1 fully saturated rings. The SMILES string of the molecule is C[C@H]1CCCC2=NCCCN2C1. The number of fused-ring (bicyclic) bond motifs is 1. The van der Waals surface area contributed by atoms with Crippen LogP contribution in [0.25, 0.3) is 0 Å². The van der Waals surface area contributed by atoms with Crippen LogP contribution in [0.4, 0.5) is 0 Å². The Hall–Kier alpha value is -0.530. The average molecular weight is 166 g/mol. The zero-order valence-corrected chi connectivity index (χ0v) is 7.92. The fourth-order valence-corrected chi connectivity index (χ4v) is 2.21. The van der Waals surface area contributed by atoms with E-state index in [0.29, 0.717) is 0 Å². The topological polar surface area (TPSA) is 15.6 Å². The van der Waals surface area contributed by atoms with Crippen molar-refractivity contribution in [2.45, 2.75) is 32.6 Å². The third kappa shape index (κ3) is 1.62. The van der Waals surface area contributed by atoms with E-state index in [-0.39, 0.29) is 0 Å². The van der Waals surface area contributed by atoms with Crippen molar-refractivity contribution in [3.63, 3.8) is 0 Å². The van der Waals surface area contributed by atoms with Gasteiger partial charge < -0.3 is 4.90 Å². The van der Waals surface area contributed by atoms with Crippen LogP contribution in [0.15, 0.2) is 4.99 Å². The van der Waals surface area contributed by atoms with Crippen LogP contribution in [0.5, 0.6) is 0 Å². The van der Waals surface area contributed by atoms with E-state index in [1.54, 1.807) is 0 Å². The van der Waals surface area contributed by atoms with Gasteiger partial charge >= 0.3 is 0 Å². The fraction of sp³-hybridized carbons (Fsp3) is 0.900. The van der Waals surface area contributed by atoms with E-state index in [2.05, 4.69) is 16.8 Å². The van der Waals surface area contributed by atoms with Crippen LogP contribution in [0.1, 0.15) is 32.6 Å². The average Bonchev–Trinajstić information content (AvgIpc) is 2.25. The molecule has 2 rings (SSSR count). The van der Waals surface area contributed by atoms with E-state index >= 15 is 0 Å². The Morgan fingerprint density at radius 3 is 3.25 bits per heavy atom. The van der Waals surface area contributed by atoms with E-state index in [1.807, 2.05) is 0 Å². The lowest BCUT2D eigenvalue weighted by Gasteiger charge is -2.29. The number of hydrogen-bond donors (Lipinski definition) is 0. The molecule has 2 aliphatic heterocycles. The Kier molecular flexibility index (Phi) is 2.33. The van der Waals surface area contributed by atoms with Gasteiger partial charge in [0.05, 0.1) is 5.84 Å². The zero-order valence-electron chi connectivity index (χ0n) is 7.92. The summed E-state index contributed by atoms with van der Waals surface area (Å²) in [5.74, 6) is 2.27. The summed E-state index contributed by atoms with van der Waals surface area (Å²) in [5, 5.41) is 0. The van der Waals surface area contributed by atoms with Gasteiger partial charge in [0.2, 0.25) is 0 Å². The number of rotatable bonds is 0. The van der Waals surface area contributed by atoms with Crippen molar-refractivity contribution in [1.82, 2.24) is 4.90 Å². The van der Waals surface area contributed by atoms with Crippen LogP contribution in [-0.2, 0) is 0 Å². The molecule has 0 unspecified atom stereocenters. The van der Waals surface area contributed by atoms with Gasteiger partial charge in [-0.1, -0.05) is 6.92 Å². The highest BCUT2D eigenvalue weighted by Crippen LogP contribution is 2.19. The number of nitrogens with zero attached hydrogens (tertiary/aromatic N) is 2. The second-order valence-electron chi connectivity index (χ2n) is 4.09. The van der Waals surface area contributed by atoms with Crippen LogP contribution < -0.4 is 0 Å². The summed E-state index contributed by atoms with van der Waals surface area (Å²) in [6, 6.07) is 0. The summed E-state index contributed by atoms with van der Waals surface area (Å²) in [7, 11) is 0. The van der Waals surface area contributed by atoms with Gasteiger partial charge in [-0.3, -0.25) is 4.99 Å². The van der Waals surface area contributed by atoms with Crippen LogP contribution in [-0.4, -0.2) is 30.4 Å². The molecular formula is C10H18N2. The Balaban J connectivity index is 2.08. The minimum absolute atomic E-state index is 0.871. The van der Waals surface area contributed by atoms with Crippen molar-refractivity contribution in [3.05, 3.63) is 0 Å². The third-order valence-electron chi connectivity index (χ3n) is 2.87. The third-order valence-corrected chi connectivity index (χ3v) is 2.87. The van der Waals surface area contributed by atoms with E-state index in [4.69, 9.17) is 0 Å². The Bertz CT molecular complexity index is 186. The molecule has 0 spiro atoms. The van der Waals surface area contributed by atoms with Crippen LogP contribution in [0, 0.1) is 5.92 Å². The van der Waals surface area contributed by atoms with E-state index in [1.165, 1.54) is 44.6 Å². The Morgan fingerprint density at radius 1 is 1.42 bits per heavy atom. The molecule has 12 heavy (non-hydrogen) atoms. The first kappa shape index (κ1) is 8.09. The predicted octanol–water partition coefficient (Wildman–Crippen LogP) is 1.91. The van der Waals surface area contributed by atoms with Crippen molar-refractivity contribution in [3.8, 4) is 0 Å². The number of amidine groups is 1. The molecule has 2 nitrogen and oxygen atoms in total. The molecular weight excluding hydrogens is 148 g/mol. The van der Waals surface area contributed by atoms with Crippen LogP contribution >= 0.6 is 0 Å². The highest BCUT2D eigenvalue weighted by atomic mass is 15.2. The molecule has 2 aliphatic rings. The molecule has 2 heterocycles. The van der Waals surface area contributed by atoms with Gasteiger partial charge in [-0.05, 0) is 25.2 Å². The highest BCUT2D eigenvalue weighted by Gasteiger charge is 2.20. The van der Waals surface area contributed by atoms with Gasteiger partial charge in [0, 0.05) is 26.1 Å². The maximum absolute atomic E-state index is 4.59. The number of hydrogen-bond acceptors (Lipinski definition) is 2. The number of aliphatic imine (C=N–C) groups is 1. The second kappa shape index (κ2) is 3.46. The van der Waals surface area contributed by atoms with E-state index in [9.17, 15) is 0 Å². The molecule has 0 N–H and O–H groups in total. The quantitative estimate of drug-likeness (QED) is 0.536. The first-order chi connectivity index (χ1) is 5.86. The van der Waals surface area contributed by atoms with Crippen LogP contribution in [0.3, 0.4) is 0 Å². The smallest absolute Gasteiger partial charge is 0.0989 e. The van der Waals surface area contributed by atoms with E-state index in [0.717, 1.165) is 12.5 Å². The van der Waals surface area contributed by atoms with Gasteiger partial charge in [-0.2, -0.15) is 0 Å². The lowest BCUT2D eigenvalue weighted by molar-refractivity contribution is 0.340. The second-order valence-corrected chi connectivity index (χ2v) is 4.09. The minimum Gasteiger partial charge on any atom is -0.360 e. The van der Waals surface area contributed by atoms with Crippen molar-refractivity contribution < 1.29 is 0 Å². The predicted molar refractivity (Wildman–Crippen MR) is 51.5 cm³/mol. The summed E-state index contributed by atoms with van der Waals surface area (Å²) in [4.78, 5) is 7.09. The maximum Gasteiger partial charge on any atom is 0.0989 e. The van der Waals surface area contributed by atoms with Crippen molar-refractivity contribution >= 4 is 5.84 Å². The molecule has 0 aromatic heterocycles. The largest absolute Gasteiger partial charge is 0.360 e. The van der Waals surface area contributed by atoms with Crippen molar-refractivity contribution in [2.24, 2.45) is 10.9 Å². The van der Waals surface area contributed by atoms with Gasteiger partial charge in [0.25, 0.3) is 0 Å². The standard InChI is InChI=1S/C10H18N2/c1-9-4-2-5-10-11-6-3-7-12(10)8-9/h9H,2-8H2,1H3/t9-/m0/s1. The fourth-order valence-electron chi connectivity index (χ4n) is 2.21. The summed E-state index contributed by atoms with van der Waals surface area (Å²) >= 11 is 0. The Labute approximate surface area is 74.7 Å². The molecule has 0 saturated carbocycles. The summed E-state index contributed by atoms with van der Waals surface area (Å²) < 4.78 is 0. The molecule has 0 aromatic rings. The van der Waals surface area contributed by atoms with Crippen LogP contribution in [0.2, 0.25) is 0 Å². The summed E-state index contributed by atoms with van der Waals surface area (Å²) in [6.45, 7) is 5.93. The van der Waals surface area contributed by atoms with E-state index < -0.39 is 0 Å². The summed E-state index contributed by atoms with van der Waals surface area (Å²) in [6.07, 6.45) is 5.21. The first-order valence-corrected chi connectivity index (χ1v) is 5.14.